The Bertz CT molecular complexity index is 1180. The van der Waals surface area contributed by atoms with Crippen LogP contribution in [0.4, 0.5) is 5.69 Å². The van der Waals surface area contributed by atoms with Gasteiger partial charge in [-0.05, 0) is 37.1 Å². The molecule has 0 saturated heterocycles. The van der Waals surface area contributed by atoms with Crippen LogP contribution in [0.25, 0.3) is 10.9 Å². The minimum absolute atomic E-state index is 0.0535. The second-order valence-corrected chi connectivity index (χ2v) is 7.04. The number of ether oxygens (including phenoxy) is 1. The Morgan fingerprint density at radius 1 is 1.07 bits per heavy atom. The lowest BCUT2D eigenvalue weighted by Gasteiger charge is -2.27. The molecule has 0 bridgehead atoms. The lowest BCUT2D eigenvalue weighted by Crippen LogP contribution is -2.21. The van der Waals surface area contributed by atoms with E-state index in [0.717, 1.165) is 27.6 Å². The number of nitriles is 1. The number of fused-ring (bicyclic) bond motifs is 2. The molecule has 0 aliphatic carbocycles. The smallest absolute Gasteiger partial charge is 0.205 e. The second-order valence-electron chi connectivity index (χ2n) is 6.69. The van der Waals surface area contributed by atoms with E-state index >= 15 is 0 Å². The van der Waals surface area contributed by atoms with Crippen LogP contribution in [0.15, 0.2) is 47.9 Å². The van der Waals surface area contributed by atoms with Gasteiger partial charge in [-0.25, -0.2) is 4.98 Å². The van der Waals surface area contributed by atoms with E-state index in [4.69, 9.17) is 27.8 Å². The zero-order chi connectivity index (χ0) is 19.3. The maximum absolute atomic E-state index is 9.72. The van der Waals surface area contributed by atoms with Gasteiger partial charge in [-0.15, -0.1) is 0 Å². The lowest BCUT2D eigenvalue weighted by atomic mass is 9.83. The molecule has 6 heteroatoms. The molecular formula is C21H17ClN4O. The molecular weight excluding hydrogens is 360 g/mol. The van der Waals surface area contributed by atoms with Crippen LogP contribution in [0.5, 0.6) is 5.75 Å². The number of hydrogen-bond donors (Lipinski definition) is 2. The third-order valence-corrected chi connectivity index (χ3v) is 5.24. The summed E-state index contributed by atoms with van der Waals surface area (Å²) < 4.78 is 5.63. The standard InChI is InChI=1S/C21H17ClN4O/c1-10-3-4-11(2)19-14(10)8-15(20(22)26-19)18-13-6-5-12(24)7-17(13)27-21(25)16(18)9-23/h3-8,18H,24-25H2,1-2H3. The summed E-state index contributed by atoms with van der Waals surface area (Å²) in [6.45, 7) is 4.02. The van der Waals surface area contributed by atoms with Crippen molar-refractivity contribution in [2.45, 2.75) is 19.8 Å². The van der Waals surface area contributed by atoms with Crippen molar-refractivity contribution in [2.24, 2.45) is 5.73 Å². The maximum atomic E-state index is 9.72. The number of anilines is 1. The molecule has 0 fully saturated rings. The van der Waals surface area contributed by atoms with Gasteiger partial charge in [-0.2, -0.15) is 5.26 Å². The minimum Gasteiger partial charge on any atom is -0.440 e. The van der Waals surface area contributed by atoms with Crippen LogP contribution in [0, 0.1) is 25.2 Å². The molecule has 1 aliphatic heterocycles. The Morgan fingerprint density at radius 2 is 1.81 bits per heavy atom. The van der Waals surface area contributed by atoms with Gasteiger partial charge in [0.15, 0.2) is 0 Å². The largest absolute Gasteiger partial charge is 0.440 e. The van der Waals surface area contributed by atoms with Gasteiger partial charge in [0.25, 0.3) is 0 Å². The zero-order valence-corrected chi connectivity index (χ0v) is 15.6. The third kappa shape index (κ3) is 2.66. The number of nitrogen functional groups attached to an aromatic ring is 1. The van der Waals surface area contributed by atoms with Gasteiger partial charge in [0, 0.05) is 28.3 Å². The van der Waals surface area contributed by atoms with Crippen molar-refractivity contribution >= 4 is 28.2 Å². The minimum atomic E-state index is -0.469. The molecule has 2 aromatic carbocycles. The van der Waals surface area contributed by atoms with Gasteiger partial charge in [0.2, 0.25) is 5.88 Å². The van der Waals surface area contributed by atoms with Crippen LogP contribution < -0.4 is 16.2 Å². The summed E-state index contributed by atoms with van der Waals surface area (Å²) in [5.41, 5.74) is 17.2. The highest BCUT2D eigenvalue weighted by Gasteiger charge is 2.32. The average Bonchev–Trinajstić information content (AvgIpc) is 2.63. The Kier molecular flexibility index (Phi) is 3.94. The Labute approximate surface area is 161 Å². The molecule has 27 heavy (non-hydrogen) atoms. The molecule has 0 radical (unpaired) electrons. The molecule has 1 unspecified atom stereocenters. The molecule has 1 aromatic heterocycles. The van der Waals surface area contributed by atoms with Crippen LogP contribution in [0.2, 0.25) is 5.15 Å². The monoisotopic (exact) mass is 376 g/mol. The molecule has 0 spiro atoms. The van der Waals surface area contributed by atoms with Crippen molar-refractivity contribution in [3.05, 3.63) is 75.3 Å². The number of aromatic nitrogens is 1. The summed E-state index contributed by atoms with van der Waals surface area (Å²) >= 11 is 6.58. The number of nitrogens with zero attached hydrogens (tertiary/aromatic N) is 2. The third-order valence-electron chi connectivity index (χ3n) is 4.94. The van der Waals surface area contributed by atoms with Gasteiger partial charge in [-0.3, -0.25) is 0 Å². The summed E-state index contributed by atoms with van der Waals surface area (Å²) in [7, 11) is 0. The molecule has 134 valence electrons. The highest BCUT2D eigenvalue weighted by atomic mass is 35.5. The SMILES string of the molecule is Cc1ccc(C)c2nc(Cl)c(C3C(C#N)=C(N)Oc4cc(N)ccc43)cc12. The predicted octanol–water partition coefficient (Wildman–Crippen LogP) is 4.31. The Balaban J connectivity index is 2.04. The normalized spacial score (nSPS) is 16.0. The first-order valence-electron chi connectivity index (χ1n) is 8.44. The van der Waals surface area contributed by atoms with Gasteiger partial charge in [-0.1, -0.05) is 29.8 Å². The first kappa shape index (κ1) is 17.2. The molecule has 1 atom stereocenters. The number of allylic oxidation sites excluding steroid dienone is 1. The fourth-order valence-corrected chi connectivity index (χ4v) is 3.77. The zero-order valence-electron chi connectivity index (χ0n) is 14.9. The molecule has 4 rings (SSSR count). The van der Waals surface area contributed by atoms with E-state index in [0.29, 0.717) is 27.7 Å². The highest BCUT2D eigenvalue weighted by Crippen LogP contribution is 2.45. The number of halogens is 1. The lowest BCUT2D eigenvalue weighted by molar-refractivity contribution is 0.394. The second kappa shape index (κ2) is 6.19. The topological polar surface area (TPSA) is 98.0 Å². The van der Waals surface area contributed by atoms with E-state index in [1.54, 1.807) is 12.1 Å². The van der Waals surface area contributed by atoms with Crippen LogP contribution in [0.1, 0.15) is 28.2 Å². The van der Waals surface area contributed by atoms with Crippen molar-refractivity contribution < 1.29 is 4.74 Å². The van der Waals surface area contributed by atoms with E-state index < -0.39 is 5.92 Å². The van der Waals surface area contributed by atoms with E-state index in [2.05, 4.69) is 11.1 Å². The first-order valence-corrected chi connectivity index (χ1v) is 8.82. The number of rotatable bonds is 1. The highest BCUT2D eigenvalue weighted by molar-refractivity contribution is 6.30. The number of hydrogen-bond acceptors (Lipinski definition) is 5. The molecule has 2 heterocycles. The molecule has 1 aliphatic rings. The van der Waals surface area contributed by atoms with E-state index in [9.17, 15) is 5.26 Å². The van der Waals surface area contributed by atoms with E-state index in [1.807, 2.05) is 38.1 Å². The number of nitrogens with two attached hydrogens (primary N) is 2. The van der Waals surface area contributed by atoms with Crippen molar-refractivity contribution in [3.63, 3.8) is 0 Å². The molecule has 3 aromatic rings. The van der Waals surface area contributed by atoms with Gasteiger partial charge < -0.3 is 16.2 Å². The van der Waals surface area contributed by atoms with E-state index in [-0.39, 0.29) is 5.88 Å². The van der Waals surface area contributed by atoms with Crippen molar-refractivity contribution in [3.8, 4) is 11.8 Å². The molecule has 0 amide bonds. The molecule has 4 N–H and O–H groups in total. The summed E-state index contributed by atoms with van der Waals surface area (Å²) in [5, 5.41) is 11.1. The van der Waals surface area contributed by atoms with Gasteiger partial charge in [0.05, 0.1) is 11.4 Å². The van der Waals surface area contributed by atoms with Gasteiger partial charge in [0.1, 0.15) is 22.5 Å². The van der Waals surface area contributed by atoms with Crippen LogP contribution in [0.3, 0.4) is 0 Å². The average molecular weight is 377 g/mol. The summed E-state index contributed by atoms with van der Waals surface area (Å²) in [6.07, 6.45) is 0. The molecule has 5 nitrogen and oxygen atoms in total. The Hall–Kier alpha value is -3.23. The quantitative estimate of drug-likeness (QED) is 0.487. The number of pyridine rings is 1. The number of aryl methyl sites for hydroxylation is 2. The van der Waals surface area contributed by atoms with Crippen molar-refractivity contribution in [2.75, 3.05) is 5.73 Å². The predicted molar refractivity (Wildman–Crippen MR) is 106 cm³/mol. The fourth-order valence-electron chi connectivity index (χ4n) is 3.52. The summed E-state index contributed by atoms with van der Waals surface area (Å²) in [6, 6.07) is 13.5. The fraction of sp³-hybridized carbons (Fsp3) is 0.143. The van der Waals surface area contributed by atoms with Gasteiger partial charge >= 0.3 is 0 Å². The van der Waals surface area contributed by atoms with Crippen molar-refractivity contribution in [1.82, 2.24) is 4.98 Å². The van der Waals surface area contributed by atoms with E-state index in [1.165, 1.54) is 0 Å². The molecule has 0 saturated carbocycles. The maximum Gasteiger partial charge on any atom is 0.205 e. The van der Waals surface area contributed by atoms with Crippen LogP contribution in [-0.4, -0.2) is 4.98 Å². The summed E-state index contributed by atoms with van der Waals surface area (Å²) in [4.78, 5) is 4.62. The summed E-state index contributed by atoms with van der Waals surface area (Å²) in [5.74, 6) is 0.106. The Morgan fingerprint density at radius 3 is 2.56 bits per heavy atom. The first-order chi connectivity index (χ1) is 12.9. The van der Waals surface area contributed by atoms with Crippen LogP contribution >= 0.6 is 11.6 Å². The number of benzene rings is 2. The van der Waals surface area contributed by atoms with Crippen LogP contribution in [-0.2, 0) is 0 Å². The van der Waals surface area contributed by atoms with Crippen molar-refractivity contribution in [1.29, 1.82) is 5.26 Å².